The number of benzene rings is 2. The molecule has 8 heteroatoms. The molecule has 1 aliphatic heterocycles. The van der Waals surface area contributed by atoms with Gasteiger partial charge in [0.25, 0.3) is 5.91 Å². The van der Waals surface area contributed by atoms with E-state index in [1.54, 1.807) is 11.1 Å². The number of rotatable bonds is 8. The maximum absolute atomic E-state index is 13.4. The van der Waals surface area contributed by atoms with Crippen molar-refractivity contribution in [3.8, 4) is 16.6 Å². The number of nitrogens with zero attached hydrogens (tertiary/aromatic N) is 3. The standard InChI is InChI=1S/C30H32N4O3S/c1-20(21-9-11-22(12-10-21)27-32-17-25(38-27)26(35)33-24-13-14-24)34-16-15-30(37-28(34)36,18-29(2,3)19-31)23-7-5-4-6-8-23/h4-12,17,20,24H,13-16,18H2,1-3H3,(H,33,35). The van der Waals surface area contributed by atoms with Crippen molar-refractivity contribution >= 4 is 23.3 Å². The van der Waals surface area contributed by atoms with Gasteiger partial charge < -0.3 is 15.0 Å². The largest absolute Gasteiger partial charge is 0.438 e. The third kappa shape index (κ3) is 5.44. The van der Waals surface area contributed by atoms with Crippen LogP contribution < -0.4 is 5.32 Å². The molecule has 2 unspecified atom stereocenters. The topological polar surface area (TPSA) is 95.3 Å². The summed E-state index contributed by atoms with van der Waals surface area (Å²) in [7, 11) is 0. The third-order valence-corrected chi connectivity index (χ3v) is 8.40. The van der Waals surface area contributed by atoms with E-state index < -0.39 is 11.0 Å². The minimum absolute atomic E-state index is 0.0603. The van der Waals surface area contributed by atoms with Crippen molar-refractivity contribution in [2.24, 2.45) is 5.41 Å². The number of hydrogen-bond donors (Lipinski definition) is 1. The summed E-state index contributed by atoms with van der Waals surface area (Å²) in [5, 5.41) is 13.5. The highest BCUT2D eigenvalue weighted by Crippen LogP contribution is 2.44. The Morgan fingerprint density at radius 3 is 2.58 bits per heavy atom. The van der Waals surface area contributed by atoms with Crippen LogP contribution in [-0.4, -0.2) is 34.5 Å². The van der Waals surface area contributed by atoms with Crippen molar-refractivity contribution in [1.82, 2.24) is 15.2 Å². The van der Waals surface area contributed by atoms with Crippen molar-refractivity contribution in [2.45, 2.75) is 64.1 Å². The highest BCUT2D eigenvalue weighted by molar-refractivity contribution is 7.16. The van der Waals surface area contributed by atoms with Gasteiger partial charge in [-0.15, -0.1) is 11.3 Å². The number of cyclic esters (lactones) is 1. The minimum atomic E-state index is -0.841. The number of hydrogen-bond acceptors (Lipinski definition) is 6. The fourth-order valence-corrected chi connectivity index (χ4v) is 5.85. The molecule has 2 aliphatic rings. The number of carbonyl (C=O) groups is 2. The number of nitrogens with one attached hydrogen (secondary N) is 1. The zero-order valence-electron chi connectivity index (χ0n) is 21.9. The molecular formula is C30H32N4O3S. The number of ether oxygens (including phenoxy) is 1. The zero-order chi connectivity index (χ0) is 26.9. The lowest BCUT2D eigenvalue weighted by atomic mass is 9.75. The van der Waals surface area contributed by atoms with E-state index in [-0.39, 0.29) is 18.0 Å². The van der Waals surface area contributed by atoms with E-state index in [9.17, 15) is 14.9 Å². The average Bonchev–Trinajstić information content (AvgIpc) is 3.59. The van der Waals surface area contributed by atoms with E-state index in [1.165, 1.54) is 11.3 Å². The lowest BCUT2D eigenvalue weighted by Crippen LogP contribution is -2.50. The van der Waals surface area contributed by atoms with Crippen LogP contribution >= 0.6 is 11.3 Å². The number of thiazole rings is 1. The number of amides is 2. The summed E-state index contributed by atoms with van der Waals surface area (Å²) in [5.74, 6) is -0.0603. The Morgan fingerprint density at radius 1 is 1.24 bits per heavy atom. The van der Waals surface area contributed by atoms with E-state index in [1.807, 2.05) is 75.4 Å². The summed E-state index contributed by atoms with van der Waals surface area (Å²) in [6.45, 7) is 6.28. The third-order valence-electron chi connectivity index (χ3n) is 7.35. The van der Waals surface area contributed by atoms with Gasteiger partial charge in [-0.1, -0.05) is 54.6 Å². The Labute approximate surface area is 227 Å². The van der Waals surface area contributed by atoms with Crippen molar-refractivity contribution in [2.75, 3.05) is 6.54 Å². The van der Waals surface area contributed by atoms with Gasteiger partial charge in [0.05, 0.1) is 23.7 Å². The van der Waals surface area contributed by atoms with Gasteiger partial charge in [0.2, 0.25) is 0 Å². The van der Waals surface area contributed by atoms with Crippen LogP contribution in [0.2, 0.25) is 0 Å². The molecule has 5 rings (SSSR count). The predicted molar refractivity (Wildman–Crippen MR) is 146 cm³/mol. The van der Waals surface area contributed by atoms with E-state index in [2.05, 4.69) is 16.4 Å². The molecule has 38 heavy (non-hydrogen) atoms. The molecule has 0 bridgehead atoms. The summed E-state index contributed by atoms with van der Waals surface area (Å²) in [4.78, 5) is 32.5. The molecule has 2 heterocycles. The van der Waals surface area contributed by atoms with Crippen LogP contribution in [-0.2, 0) is 10.3 Å². The maximum Gasteiger partial charge on any atom is 0.411 e. The zero-order valence-corrected chi connectivity index (χ0v) is 22.8. The van der Waals surface area contributed by atoms with Crippen LogP contribution in [0, 0.1) is 16.7 Å². The molecular weight excluding hydrogens is 496 g/mol. The van der Waals surface area contributed by atoms with Crippen LogP contribution in [0.3, 0.4) is 0 Å². The molecule has 2 aromatic carbocycles. The molecule has 1 aromatic heterocycles. The Kier molecular flexibility index (Phi) is 6.97. The molecule has 1 N–H and O–H groups in total. The van der Waals surface area contributed by atoms with Crippen molar-refractivity contribution in [3.05, 3.63) is 76.8 Å². The molecule has 1 saturated heterocycles. The number of aromatic nitrogens is 1. The van der Waals surface area contributed by atoms with Crippen LogP contribution in [0.1, 0.15) is 73.3 Å². The second-order valence-electron chi connectivity index (χ2n) is 10.9. The predicted octanol–water partition coefficient (Wildman–Crippen LogP) is 6.44. The Balaban J connectivity index is 1.29. The first-order chi connectivity index (χ1) is 18.2. The first-order valence-electron chi connectivity index (χ1n) is 13.0. The Morgan fingerprint density at radius 2 is 1.95 bits per heavy atom. The first-order valence-corrected chi connectivity index (χ1v) is 13.8. The molecule has 1 saturated carbocycles. The quantitative estimate of drug-likeness (QED) is 0.363. The summed E-state index contributed by atoms with van der Waals surface area (Å²) < 4.78 is 6.19. The van der Waals surface area contributed by atoms with Crippen LogP contribution in [0.4, 0.5) is 4.79 Å². The first kappa shape index (κ1) is 25.9. The van der Waals surface area contributed by atoms with Crippen molar-refractivity contribution in [3.63, 3.8) is 0 Å². The monoisotopic (exact) mass is 528 g/mol. The van der Waals surface area contributed by atoms with Gasteiger partial charge in [0.15, 0.2) is 0 Å². The summed E-state index contributed by atoms with van der Waals surface area (Å²) >= 11 is 1.38. The maximum atomic E-state index is 13.4. The number of nitriles is 1. The van der Waals surface area contributed by atoms with Crippen LogP contribution in [0.5, 0.6) is 0 Å². The molecule has 0 radical (unpaired) electrons. The second-order valence-corrected chi connectivity index (χ2v) is 12.0. The highest BCUT2D eigenvalue weighted by Gasteiger charge is 2.46. The molecule has 1 aliphatic carbocycles. The molecule has 2 amide bonds. The summed E-state index contributed by atoms with van der Waals surface area (Å²) in [6.07, 6.45) is 4.37. The Hall–Kier alpha value is -3.70. The molecule has 2 fully saturated rings. The van der Waals surface area contributed by atoms with E-state index >= 15 is 0 Å². The van der Waals surface area contributed by atoms with Crippen molar-refractivity contribution < 1.29 is 14.3 Å². The van der Waals surface area contributed by atoms with Gasteiger partial charge in [0, 0.05) is 31.0 Å². The highest BCUT2D eigenvalue weighted by atomic mass is 32.1. The van der Waals surface area contributed by atoms with E-state index in [4.69, 9.17) is 4.74 Å². The van der Waals surface area contributed by atoms with Gasteiger partial charge in [-0.25, -0.2) is 9.78 Å². The minimum Gasteiger partial charge on any atom is -0.438 e. The molecule has 7 nitrogen and oxygen atoms in total. The van der Waals surface area contributed by atoms with Crippen molar-refractivity contribution in [1.29, 1.82) is 5.26 Å². The average molecular weight is 529 g/mol. The molecule has 196 valence electrons. The normalized spacial score (nSPS) is 20.4. The van der Waals surface area contributed by atoms with E-state index in [0.717, 1.165) is 34.5 Å². The molecule has 3 aromatic rings. The summed E-state index contributed by atoms with van der Waals surface area (Å²) in [5.41, 5.74) is 1.35. The van der Waals surface area contributed by atoms with Gasteiger partial charge in [-0.3, -0.25) is 4.79 Å². The SMILES string of the molecule is CC(c1ccc(-c2ncc(C(=O)NC3CC3)s2)cc1)N1CCC(CC(C)(C)C#N)(c2ccccc2)OC1=O. The van der Waals surface area contributed by atoms with Gasteiger partial charge in [-0.2, -0.15) is 5.26 Å². The molecule has 0 spiro atoms. The molecule has 2 atom stereocenters. The second kappa shape index (κ2) is 10.2. The fraction of sp³-hybridized carbons (Fsp3) is 0.400. The van der Waals surface area contributed by atoms with E-state index in [0.29, 0.717) is 30.3 Å². The number of carbonyl (C=O) groups excluding carboxylic acids is 2. The summed E-state index contributed by atoms with van der Waals surface area (Å²) in [6, 6.07) is 20.2. The smallest absolute Gasteiger partial charge is 0.411 e. The van der Waals surface area contributed by atoms with Crippen LogP contribution in [0.25, 0.3) is 10.6 Å². The van der Waals surface area contributed by atoms with Crippen LogP contribution in [0.15, 0.2) is 60.8 Å². The lowest BCUT2D eigenvalue weighted by molar-refractivity contribution is -0.0770. The Bertz CT molecular complexity index is 1360. The van der Waals surface area contributed by atoms with Gasteiger partial charge >= 0.3 is 6.09 Å². The van der Waals surface area contributed by atoms with Gasteiger partial charge in [0.1, 0.15) is 15.5 Å². The van der Waals surface area contributed by atoms with Gasteiger partial charge in [-0.05, 0) is 44.7 Å². The lowest BCUT2D eigenvalue weighted by Gasteiger charge is -2.45. The fourth-order valence-electron chi connectivity index (χ4n) is 5.03.